The van der Waals surface area contributed by atoms with Crippen LogP contribution in [0.15, 0.2) is 105 Å². The van der Waals surface area contributed by atoms with Gasteiger partial charge in [-0.3, -0.25) is 24.1 Å². The third kappa shape index (κ3) is 5.82. The van der Waals surface area contributed by atoms with Gasteiger partial charge in [0.25, 0.3) is 0 Å². The number of phenolic OH excluding ortho intramolecular Hbond substituents is 1. The summed E-state index contributed by atoms with van der Waals surface area (Å²) in [4.78, 5) is 62.1. The van der Waals surface area contributed by atoms with E-state index in [0.717, 1.165) is 16.7 Å². The molecular formula is C42H36BrClFN5O6. The fourth-order valence-corrected chi connectivity index (χ4v) is 9.68. The van der Waals surface area contributed by atoms with E-state index in [0.29, 0.717) is 32.7 Å². The normalized spacial score (nSPS) is 25.7. The predicted molar refractivity (Wildman–Crippen MR) is 212 cm³/mol. The Hall–Kier alpha value is -5.40. The van der Waals surface area contributed by atoms with E-state index in [1.807, 2.05) is 49.3 Å². The Morgan fingerprint density at radius 3 is 2.14 bits per heavy atom. The summed E-state index contributed by atoms with van der Waals surface area (Å²) in [6.07, 6.45) is 2.19. The van der Waals surface area contributed by atoms with Gasteiger partial charge in [-0.25, -0.2) is 9.29 Å². The van der Waals surface area contributed by atoms with Gasteiger partial charge in [0, 0.05) is 35.7 Å². The number of methoxy groups -OCH3 is 1. The third-order valence-corrected chi connectivity index (χ3v) is 12.5. The second kappa shape index (κ2) is 14.0. The Bertz CT molecular complexity index is 2390. The minimum Gasteiger partial charge on any atom is -0.504 e. The Kier molecular flexibility index (Phi) is 9.36. The zero-order valence-corrected chi connectivity index (χ0v) is 33.1. The number of benzene rings is 4. The fourth-order valence-electron chi connectivity index (χ4n) is 9.06. The third-order valence-electron chi connectivity index (χ3n) is 11.8. The number of imide groups is 2. The lowest BCUT2D eigenvalue weighted by atomic mass is 9.51. The van der Waals surface area contributed by atoms with Crippen LogP contribution in [0.1, 0.15) is 31.2 Å². The van der Waals surface area contributed by atoms with Gasteiger partial charge in [0.1, 0.15) is 5.82 Å². The summed E-state index contributed by atoms with van der Waals surface area (Å²) < 4.78 is 20.3. The number of rotatable bonds is 7. The largest absolute Gasteiger partial charge is 0.504 e. The van der Waals surface area contributed by atoms with Crippen molar-refractivity contribution in [3.8, 4) is 11.5 Å². The first-order chi connectivity index (χ1) is 26.7. The van der Waals surface area contributed by atoms with Crippen LogP contribution >= 0.6 is 27.5 Å². The van der Waals surface area contributed by atoms with E-state index >= 15 is 0 Å². The van der Waals surface area contributed by atoms with Crippen LogP contribution in [0.3, 0.4) is 0 Å². The van der Waals surface area contributed by atoms with Gasteiger partial charge in [0.15, 0.2) is 11.5 Å². The summed E-state index contributed by atoms with van der Waals surface area (Å²) in [5.41, 5.74) is 2.25. The van der Waals surface area contributed by atoms with Crippen molar-refractivity contribution < 1.29 is 33.4 Å². The van der Waals surface area contributed by atoms with Gasteiger partial charge in [-0.1, -0.05) is 39.2 Å². The smallest absolute Gasteiger partial charge is 0.241 e. The minimum atomic E-state index is -1.46. The molecule has 14 heteroatoms. The number of anilines is 3. The Morgan fingerprint density at radius 1 is 0.875 bits per heavy atom. The molecule has 56 heavy (non-hydrogen) atoms. The van der Waals surface area contributed by atoms with Gasteiger partial charge < -0.3 is 14.7 Å². The van der Waals surface area contributed by atoms with Gasteiger partial charge in [0.05, 0.1) is 58.1 Å². The molecule has 4 aromatic rings. The topological polar surface area (TPSA) is 132 Å². The molecule has 4 amide bonds. The lowest BCUT2D eigenvalue weighted by Crippen LogP contribution is -2.49. The highest BCUT2D eigenvalue weighted by Gasteiger charge is 2.68. The van der Waals surface area contributed by atoms with Crippen molar-refractivity contribution in [2.24, 2.45) is 39.3 Å². The number of aromatic hydroxyl groups is 1. The Morgan fingerprint density at radius 2 is 1.52 bits per heavy atom. The van der Waals surface area contributed by atoms with Crippen LogP contribution in [-0.4, -0.2) is 49.9 Å². The maximum Gasteiger partial charge on any atom is 0.241 e. The number of fused-ring (bicyclic) bond motifs is 4. The second-order valence-electron chi connectivity index (χ2n) is 14.9. The zero-order valence-electron chi connectivity index (χ0n) is 30.7. The summed E-state index contributed by atoms with van der Waals surface area (Å²) in [5.74, 6) is -6.72. The number of carbonyl (C=O) groups is 4. The summed E-state index contributed by atoms with van der Waals surface area (Å²) in [6.45, 7) is 1.69. The molecule has 2 aliphatic carbocycles. The van der Waals surface area contributed by atoms with Gasteiger partial charge in [0.2, 0.25) is 23.6 Å². The van der Waals surface area contributed by atoms with E-state index in [1.165, 1.54) is 24.1 Å². The minimum absolute atomic E-state index is 0.0869. The predicted octanol–water partition coefficient (Wildman–Crippen LogP) is 8.87. The van der Waals surface area contributed by atoms with Crippen molar-refractivity contribution in [1.29, 1.82) is 0 Å². The van der Waals surface area contributed by atoms with E-state index in [-0.39, 0.29) is 41.0 Å². The molecule has 4 aromatic carbocycles. The highest BCUT2D eigenvalue weighted by molar-refractivity contribution is 9.10. The Balaban J connectivity index is 1.16. The summed E-state index contributed by atoms with van der Waals surface area (Å²) in [6, 6.07) is 21.2. The number of halogens is 3. The van der Waals surface area contributed by atoms with Crippen LogP contribution in [0.5, 0.6) is 11.5 Å². The molecule has 0 aromatic heterocycles. The first kappa shape index (κ1) is 37.5. The molecule has 0 bridgehead atoms. The number of hydrogen-bond donors (Lipinski definition) is 1. The van der Waals surface area contributed by atoms with E-state index < -0.39 is 58.5 Å². The molecule has 2 saturated heterocycles. The van der Waals surface area contributed by atoms with Crippen molar-refractivity contribution in [2.45, 2.75) is 25.7 Å². The average molecular weight is 841 g/mol. The van der Waals surface area contributed by atoms with Gasteiger partial charge in [-0.2, -0.15) is 10.2 Å². The van der Waals surface area contributed by atoms with Crippen LogP contribution in [0.4, 0.5) is 32.8 Å². The number of carbonyl (C=O) groups excluding carboxylic acids is 4. The maximum absolute atomic E-state index is 14.7. The van der Waals surface area contributed by atoms with Crippen LogP contribution in [0.2, 0.25) is 5.02 Å². The van der Waals surface area contributed by atoms with Crippen molar-refractivity contribution in [1.82, 2.24) is 0 Å². The van der Waals surface area contributed by atoms with E-state index in [4.69, 9.17) is 16.3 Å². The van der Waals surface area contributed by atoms with Crippen LogP contribution in [0.25, 0.3) is 0 Å². The quantitative estimate of drug-likeness (QED) is 0.112. The zero-order chi connectivity index (χ0) is 39.8. The molecule has 1 saturated carbocycles. The van der Waals surface area contributed by atoms with Crippen LogP contribution < -0.4 is 19.4 Å². The monoisotopic (exact) mass is 839 g/mol. The van der Waals surface area contributed by atoms with E-state index in [2.05, 4.69) is 26.2 Å². The van der Waals surface area contributed by atoms with E-state index in [9.17, 15) is 28.7 Å². The molecule has 6 atom stereocenters. The van der Waals surface area contributed by atoms with Gasteiger partial charge in [-0.05, 0) is 105 Å². The molecule has 286 valence electrons. The summed E-state index contributed by atoms with van der Waals surface area (Å²) in [5, 5.41) is 20.0. The molecule has 2 heterocycles. The lowest BCUT2D eigenvalue weighted by Gasteiger charge is -2.49. The highest BCUT2D eigenvalue weighted by atomic mass is 79.9. The molecular weight excluding hydrogens is 805 g/mol. The SMILES string of the molecule is COc1cc(Br)cc(C2C3=CCC4C(=O)N(c5ccc(N=Nc6ccc(N(C)C)cc6)cc5)C(=O)C4C3CC3C(=O)N(c4ccc(F)c(Cl)c4)C(=O)C32C)c1O. The van der Waals surface area contributed by atoms with E-state index in [1.54, 1.807) is 43.3 Å². The molecule has 6 unspecified atom stereocenters. The molecule has 8 rings (SSSR count). The lowest BCUT2D eigenvalue weighted by molar-refractivity contribution is -0.131. The van der Waals surface area contributed by atoms with Crippen molar-refractivity contribution in [3.63, 3.8) is 0 Å². The highest BCUT2D eigenvalue weighted by Crippen LogP contribution is 2.65. The Labute approximate surface area is 335 Å². The molecule has 4 aliphatic rings. The number of amides is 4. The number of ether oxygens (including phenoxy) is 1. The average Bonchev–Trinajstić information content (AvgIpc) is 3.55. The number of azo groups is 1. The van der Waals surface area contributed by atoms with Crippen molar-refractivity contribution >= 4 is 79.6 Å². The number of phenols is 1. The molecule has 2 aliphatic heterocycles. The number of nitrogens with zero attached hydrogens (tertiary/aromatic N) is 5. The molecule has 1 N–H and O–H groups in total. The number of allylic oxidation sites excluding steroid dienone is 2. The fraction of sp³-hybridized carbons (Fsp3) is 0.286. The van der Waals surface area contributed by atoms with Gasteiger partial charge in [-0.15, -0.1) is 0 Å². The first-order valence-corrected chi connectivity index (χ1v) is 19.2. The summed E-state index contributed by atoms with van der Waals surface area (Å²) in [7, 11) is 5.31. The number of hydrogen-bond acceptors (Lipinski definition) is 9. The van der Waals surface area contributed by atoms with Crippen LogP contribution in [-0.2, 0) is 19.2 Å². The van der Waals surface area contributed by atoms with Crippen molar-refractivity contribution in [3.05, 3.63) is 111 Å². The summed E-state index contributed by atoms with van der Waals surface area (Å²) >= 11 is 9.63. The second-order valence-corrected chi connectivity index (χ2v) is 16.3. The molecule has 11 nitrogen and oxygen atoms in total. The first-order valence-electron chi connectivity index (χ1n) is 18.0. The van der Waals surface area contributed by atoms with Gasteiger partial charge >= 0.3 is 0 Å². The molecule has 0 radical (unpaired) electrons. The molecule has 0 spiro atoms. The van der Waals surface area contributed by atoms with Crippen LogP contribution in [0, 0.1) is 34.9 Å². The maximum atomic E-state index is 14.7. The molecule has 3 fully saturated rings. The van der Waals surface area contributed by atoms with Crippen molar-refractivity contribution in [2.75, 3.05) is 35.9 Å². The standard InChI is InChI=1S/C42H36BrClFN5O6/c1-42-31(39(53)50(41(42)55)26-13-16-33(45)32(44)19-26)20-29-27(36(42)30-17-21(43)18-34(56-4)37(30)51)14-15-28-35(29)40(54)49(38(28)52)25-11-7-23(8-12-25)47-46-22-5-9-24(10-6-22)48(2)3/h5-14,16-19,28-29,31,35-36,51H,15,20H2,1-4H3.